The monoisotopic (exact) mass is 302 g/mol. The zero-order valence-electron chi connectivity index (χ0n) is 13.0. The molecule has 2 rings (SSSR count). The van der Waals surface area contributed by atoms with Crippen molar-refractivity contribution in [3.8, 4) is 5.75 Å². The molecule has 0 aliphatic heterocycles. The number of hydrogen-bond donors (Lipinski definition) is 0. The van der Waals surface area contributed by atoms with Crippen LogP contribution in [0.2, 0.25) is 0 Å². The molecule has 0 aliphatic carbocycles. The maximum absolute atomic E-state index is 6.61. The molecule has 0 aromatic heterocycles. The van der Waals surface area contributed by atoms with Gasteiger partial charge in [-0.15, -0.1) is 11.6 Å². The second-order valence-corrected chi connectivity index (χ2v) is 5.78. The Morgan fingerprint density at radius 1 is 0.952 bits per heavy atom. The predicted molar refractivity (Wildman–Crippen MR) is 90.5 cm³/mol. The zero-order chi connectivity index (χ0) is 15.2. The van der Waals surface area contributed by atoms with Gasteiger partial charge in [0.25, 0.3) is 0 Å². The number of alkyl halides is 1. The predicted octanol–water partition coefficient (Wildman–Crippen LogP) is 5.34. The van der Waals surface area contributed by atoms with E-state index in [1.54, 1.807) is 7.11 Å². The topological polar surface area (TPSA) is 9.23 Å². The van der Waals surface area contributed by atoms with Gasteiger partial charge in [-0.1, -0.05) is 44.2 Å². The average molecular weight is 303 g/mol. The molecule has 0 fully saturated rings. The Balaban J connectivity index is 2.13. The molecule has 0 saturated carbocycles. The Labute approximate surface area is 132 Å². The lowest BCUT2D eigenvalue weighted by Gasteiger charge is -2.14. The molecule has 0 bridgehead atoms. The number of ether oxygens (including phenoxy) is 1. The Morgan fingerprint density at radius 3 is 2.19 bits per heavy atom. The van der Waals surface area contributed by atoms with Crippen LogP contribution in [0.4, 0.5) is 0 Å². The van der Waals surface area contributed by atoms with Crippen LogP contribution in [-0.4, -0.2) is 7.11 Å². The van der Waals surface area contributed by atoms with Crippen LogP contribution in [0.3, 0.4) is 0 Å². The summed E-state index contributed by atoms with van der Waals surface area (Å²) in [5, 5.41) is 0.00889. The molecule has 1 nitrogen and oxygen atoms in total. The lowest BCUT2D eigenvalue weighted by molar-refractivity contribution is 0.414. The summed E-state index contributed by atoms with van der Waals surface area (Å²) >= 11 is 6.61. The molecule has 2 heteroatoms. The van der Waals surface area contributed by atoms with Crippen molar-refractivity contribution in [3.63, 3.8) is 0 Å². The van der Waals surface area contributed by atoms with Gasteiger partial charge in [0.1, 0.15) is 5.75 Å². The summed E-state index contributed by atoms with van der Waals surface area (Å²) < 4.78 is 5.18. The van der Waals surface area contributed by atoms with Gasteiger partial charge in [-0.2, -0.15) is 0 Å². The first-order valence-electron chi connectivity index (χ1n) is 7.56. The van der Waals surface area contributed by atoms with E-state index in [9.17, 15) is 0 Å². The molecule has 2 aromatic rings. The molecule has 0 saturated heterocycles. The number of methoxy groups -OCH3 is 1. The number of halogens is 1. The summed E-state index contributed by atoms with van der Waals surface area (Å²) in [5.41, 5.74) is 5.28. The van der Waals surface area contributed by atoms with Gasteiger partial charge in [0.2, 0.25) is 0 Å². The molecule has 1 atom stereocenters. The molecule has 112 valence electrons. The lowest BCUT2D eigenvalue weighted by Crippen LogP contribution is -1.99. The quantitative estimate of drug-likeness (QED) is 0.654. The third kappa shape index (κ3) is 4.01. The average Bonchev–Trinajstić information content (AvgIpc) is 2.54. The molecule has 1 unspecified atom stereocenters. The van der Waals surface area contributed by atoms with E-state index in [0.29, 0.717) is 0 Å². The number of rotatable bonds is 6. The summed E-state index contributed by atoms with van der Waals surface area (Å²) in [4.78, 5) is 0. The van der Waals surface area contributed by atoms with Crippen molar-refractivity contribution in [2.24, 2.45) is 0 Å². The van der Waals surface area contributed by atoms with Gasteiger partial charge >= 0.3 is 0 Å². The van der Waals surface area contributed by atoms with Gasteiger partial charge in [-0.3, -0.25) is 0 Å². The van der Waals surface area contributed by atoms with Crippen LogP contribution in [0.5, 0.6) is 5.75 Å². The Kier molecular flexibility index (Phi) is 5.69. The maximum Gasteiger partial charge on any atom is 0.118 e. The van der Waals surface area contributed by atoms with Crippen LogP contribution in [-0.2, 0) is 19.3 Å². The van der Waals surface area contributed by atoms with Crippen LogP contribution in [0, 0.1) is 0 Å². The fourth-order valence-electron chi connectivity index (χ4n) is 2.60. The van der Waals surface area contributed by atoms with E-state index in [-0.39, 0.29) is 5.38 Å². The molecule has 0 aliphatic rings. The van der Waals surface area contributed by atoms with Gasteiger partial charge in [-0.05, 0) is 53.6 Å². The van der Waals surface area contributed by atoms with E-state index in [1.165, 1.54) is 22.3 Å². The van der Waals surface area contributed by atoms with Crippen LogP contribution in [0.15, 0.2) is 42.5 Å². The molecule has 0 amide bonds. The van der Waals surface area contributed by atoms with E-state index < -0.39 is 0 Å². The second kappa shape index (κ2) is 7.51. The largest absolute Gasteiger partial charge is 0.497 e. The van der Waals surface area contributed by atoms with Crippen molar-refractivity contribution in [3.05, 3.63) is 64.7 Å². The first-order chi connectivity index (χ1) is 10.2. The van der Waals surface area contributed by atoms with Crippen molar-refractivity contribution in [2.45, 2.75) is 38.5 Å². The molecular formula is C19H23ClO. The Bertz CT molecular complexity index is 575. The fourth-order valence-corrected chi connectivity index (χ4v) is 2.92. The summed E-state index contributed by atoms with van der Waals surface area (Å²) in [5.74, 6) is 0.880. The molecule has 0 heterocycles. The van der Waals surface area contributed by atoms with E-state index in [0.717, 1.165) is 25.0 Å². The summed E-state index contributed by atoms with van der Waals surface area (Å²) in [6, 6.07) is 14.8. The van der Waals surface area contributed by atoms with E-state index in [1.807, 2.05) is 12.1 Å². The molecule has 21 heavy (non-hydrogen) atoms. The molecular weight excluding hydrogens is 280 g/mol. The standard InChI is InChI=1S/C19H23ClO/c1-4-15-8-9-17(13-16(15)5-2)19(20)12-14-6-10-18(21-3)11-7-14/h6-11,13,19H,4-5,12H2,1-3H3. The summed E-state index contributed by atoms with van der Waals surface area (Å²) in [6.07, 6.45) is 2.97. The summed E-state index contributed by atoms with van der Waals surface area (Å²) in [7, 11) is 1.68. The normalized spacial score (nSPS) is 12.2. The Hall–Kier alpha value is -1.47. The van der Waals surface area contributed by atoms with E-state index >= 15 is 0 Å². The number of hydrogen-bond acceptors (Lipinski definition) is 1. The minimum atomic E-state index is 0.00889. The van der Waals surface area contributed by atoms with Gasteiger partial charge in [0.05, 0.1) is 12.5 Å². The molecule has 0 N–H and O–H groups in total. The van der Waals surface area contributed by atoms with E-state index in [4.69, 9.17) is 16.3 Å². The minimum absolute atomic E-state index is 0.00889. The van der Waals surface area contributed by atoms with Crippen molar-refractivity contribution in [1.82, 2.24) is 0 Å². The highest BCUT2D eigenvalue weighted by Crippen LogP contribution is 2.28. The van der Waals surface area contributed by atoms with Crippen LogP contribution < -0.4 is 4.74 Å². The maximum atomic E-state index is 6.61. The first kappa shape index (κ1) is 15.9. The van der Waals surface area contributed by atoms with Gasteiger partial charge in [-0.25, -0.2) is 0 Å². The van der Waals surface area contributed by atoms with Crippen LogP contribution in [0.1, 0.15) is 41.5 Å². The lowest BCUT2D eigenvalue weighted by atomic mass is 9.96. The fraction of sp³-hybridized carbons (Fsp3) is 0.368. The van der Waals surface area contributed by atoms with Crippen LogP contribution in [0.25, 0.3) is 0 Å². The van der Waals surface area contributed by atoms with Crippen molar-refractivity contribution >= 4 is 11.6 Å². The second-order valence-electron chi connectivity index (χ2n) is 5.25. The Morgan fingerprint density at radius 2 is 1.62 bits per heavy atom. The van der Waals surface area contributed by atoms with Crippen molar-refractivity contribution < 1.29 is 4.74 Å². The van der Waals surface area contributed by atoms with Crippen molar-refractivity contribution in [1.29, 1.82) is 0 Å². The van der Waals surface area contributed by atoms with E-state index in [2.05, 4.69) is 44.2 Å². The molecule has 2 aromatic carbocycles. The molecule has 0 spiro atoms. The van der Waals surface area contributed by atoms with Gasteiger partial charge < -0.3 is 4.74 Å². The number of benzene rings is 2. The van der Waals surface area contributed by atoms with Gasteiger partial charge in [0.15, 0.2) is 0 Å². The molecule has 0 radical (unpaired) electrons. The zero-order valence-corrected chi connectivity index (χ0v) is 13.8. The third-order valence-electron chi connectivity index (χ3n) is 3.93. The minimum Gasteiger partial charge on any atom is -0.497 e. The smallest absolute Gasteiger partial charge is 0.118 e. The first-order valence-corrected chi connectivity index (χ1v) is 8.00. The highest BCUT2D eigenvalue weighted by Gasteiger charge is 2.11. The summed E-state index contributed by atoms with van der Waals surface area (Å²) in [6.45, 7) is 4.40. The SMILES string of the molecule is CCc1ccc(C(Cl)Cc2ccc(OC)cc2)cc1CC. The highest BCUT2D eigenvalue weighted by molar-refractivity contribution is 6.20. The van der Waals surface area contributed by atoms with Crippen LogP contribution >= 0.6 is 11.6 Å². The third-order valence-corrected chi connectivity index (χ3v) is 4.33. The van der Waals surface area contributed by atoms with Crippen molar-refractivity contribution in [2.75, 3.05) is 7.11 Å². The highest BCUT2D eigenvalue weighted by atomic mass is 35.5. The van der Waals surface area contributed by atoms with Gasteiger partial charge in [0, 0.05) is 0 Å². The number of aryl methyl sites for hydroxylation is 2.